The number of hydrogen-bond donors (Lipinski definition) is 0. The van der Waals surface area contributed by atoms with Gasteiger partial charge in [0, 0.05) is 25.2 Å². The summed E-state index contributed by atoms with van der Waals surface area (Å²) in [6.07, 6.45) is 0.193. The van der Waals surface area contributed by atoms with E-state index in [4.69, 9.17) is 0 Å². The molecule has 0 N–H and O–H groups in total. The first-order valence-electron chi connectivity index (χ1n) is 10.5. The maximum absolute atomic E-state index is 13.5. The van der Waals surface area contributed by atoms with Crippen LogP contribution in [0.15, 0.2) is 76.5 Å². The van der Waals surface area contributed by atoms with E-state index >= 15 is 0 Å². The van der Waals surface area contributed by atoms with Crippen molar-refractivity contribution in [2.24, 2.45) is 0 Å². The lowest BCUT2D eigenvalue weighted by atomic mass is 10.2. The highest BCUT2D eigenvalue weighted by Gasteiger charge is 2.36. The summed E-state index contributed by atoms with van der Waals surface area (Å²) in [5.74, 6) is 0. The second kappa shape index (κ2) is 8.73. The van der Waals surface area contributed by atoms with Crippen molar-refractivity contribution >= 4 is 37.1 Å². The van der Waals surface area contributed by atoms with E-state index in [1.807, 2.05) is 13.8 Å². The minimum atomic E-state index is -4.11. The topological polar surface area (TPSA) is 118 Å². The Labute approximate surface area is 198 Å². The summed E-state index contributed by atoms with van der Waals surface area (Å²) in [6.45, 7) is 3.64. The number of fused-ring (bicyclic) bond motifs is 1. The van der Waals surface area contributed by atoms with Gasteiger partial charge in [-0.2, -0.15) is 0 Å². The van der Waals surface area contributed by atoms with Crippen LogP contribution < -0.4 is 8.61 Å². The van der Waals surface area contributed by atoms with Gasteiger partial charge in [-0.3, -0.25) is 18.7 Å². The Morgan fingerprint density at radius 2 is 1.15 bits per heavy atom. The number of rotatable bonds is 5. The molecule has 34 heavy (non-hydrogen) atoms. The fourth-order valence-electron chi connectivity index (χ4n) is 3.81. The molecule has 0 fully saturated rings. The van der Waals surface area contributed by atoms with Crippen LogP contribution >= 0.6 is 0 Å². The molecule has 0 aromatic heterocycles. The van der Waals surface area contributed by atoms with Crippen LogP contribution in [0.1, 0.15) is 17.5 Å². The van der Waals surface area contributed by atoms with Gasteiger partial charge in [-0.05, 0) is 50.6 Å². The number of nitrogens with zero attached hydrogens (tertiary/aromatic N) is 3. The third-order valence-corrected chi connectivity index (χ3v) is 9.30. The molecule has 1 aliphatic heterocycles. The van der Waals surface area contributed by atoms with Crippen molar-refractivity contribution in [3.63, 3.8) is 0 Å². The standard InChI is InChI=1S/C23H23N3O6S2/c1-17-4-9-20(10-5-17)33(29,30)24-14-3-15-25(23-16-19(26(27)28)8-13-22(23)24)34(31,32)21-11-6-18(2)7-12-21/h4-13,16H,3,14-15H2,1-2H3. The van der Waals surface area contributed by atoms with E-state index in [0.717, 1.165) is 25.8 Å². The summed E-state index contributed by atoms with van der Waals surface area (Å²) in [7, 11) is -8.15. The van der Waals surface area contributed by atoms with Gasteiger partial charge in [-0.15, -0.1) is 0 Å². The number of nitro groups is 1. The second-order valence-electron chi connectivity index (χ2n) is 8.06. The number of anilines is 2. The van der Waals surface area contributed by atoms with Crippen LogP contribution in [-0.4, -0.2) is 34.8 Å². The second-order valence-corrected chi connectivity index (χ2v) is 11.8. The van der Waals surface area contributed by atoms with Crippen LogP contribution in [0.3, 0.4) is 0 Å². The molecule has 0 atom stereocenters. The third kappa shape index (κ3) is 4.24. The Morgan fingerprint density at radius 1 is 0.706 bits per heavy atom. The highest BCUT2D eigenvalue weighted by Crippen LogP contribution is 2.40. The Bertz CT molecular complexity index is 1450. The first-order valence-corrected chi connectivity index (χ1v) is 13.4. The summed E-state index contributed by atoms with van der Waals surface area (Å²) in [6, 6.07) is 16.2. The fourth-order valence-corrected chi connectivity index (χ4v) is 6.84. The minimum Gasteiger partial charge on any atom is -0.264 e. The van der Waals surface area contributed by atoms with Gasteiger partial charge >= 0.3 is 0 Å². The minimum absolute atomic E-state index is 0.0148. The molecule has 3 aromatic rings. The molecule has 0 amide bonds. The first kappa shape index (κ1) is 23.7. The molecule has 178 valence electrons. The zero-order valence-electron chi connectivity index (χ0n) is 18.6. The van der Waals surface area contributed by atoms with E-state index in [1.165, 1.54) is 36.4 Å². The summed E-state index contributed by atoms with van der Waals surface area (Å²) in [5.41, 5.74) is 1.45. The maximum atomic E-state index is 13.5. The zero-order valence-corrected chi connectivity index (χ0v) is 20.2. The number of nitro benzene ring substituents is 1. The third-order valence-electron chi connectivity index (χ3n) is 5.65. The van der Waals surface area contributed by atoms with E-state index in [9.17, 15) is 26.9 Å². The molecule has 0 aliphatic carbocycles. The first-order chi connectivity index (χ1) is 16.0. The summed E-state index contributed by atoms with van der Waals surface area (Å²) in [4.78, 5) is 10.9. The molecular weight excluding hydrogens is 478 g/mol. The lowest BCUT2D eigenvalue weighted by Crippen LogP contribution is -2.32. The monoisotopic (exact) mass is 501 g/mol. The van der Waals surface area contributed by atoms with Gasteiger partial charge in [0.2, 0.25) is 0 Å². The maximum Gasteiger partial charge on any atom is 0.271 e. The summed E-state index contributed by atoms with van der Waals surface area (Å²) in [5, 5.41) is 11.5. The van der Waals surface area contributed by atoms with Crippen molar-refractivity contribution in [3.05, 3.63) is 88.0 Å². The average molecular weight is 502 g/mol. The molecular formula is C23H23N3O6S2. The van der Waals surface area contributed by atoms with Crippen molar-refractivity contribution in [3.8, 4) is 0 Å². The van der Waals surface area contributed by atoms with Crippen LogP contribution in [-0.2, 0) is 20.0 Å². The van der Waals surface area contributed by atoms with Crippen LogP contribution in [0.2, 0.25) is 0 Å². The Kier molecular flexibility index (Phi) is 6.09. The molecule has 0 spiro atoms. The molecule has 1 aliphatic rings. The molecule has 0 radical (unpaired) electrons. The fraction of sp³-hybridized carbons (Fsp3) is 0.217. The van der Waals surface area contributed by atoms with Gasteiger partial charge in [0.25, 0.3) is 25.7 Å². The largest absolute Gasteiger partial charge is 0.271 e. The molecule has 1 heterocycles. The van der Waals surface area contributed by atoms with Gasteiger partial charge in [0.15, 0.2) is 0 Å². The van der Waals surface area contributed by atoms with Gasteiger partial charge in [-0.25, -0.2) is 16.8 Å². The van der Waals surface area contributed by atoms with E-state index in [0.29, 0.717) is 0 Å². The van der Waals surface area contributed by atoms with Gasteiger partial charge < -0.3 is 0 Å². The Morgan fingerprint density at radius 3 is 1.59 bits per heavy atom. The van der Waals surface area contributed by atoms with Gasteiger partial charge in [0.05, 0.1) is 26.1 Å². The van der Waals surface area contributed by atoms with Gasteiger partial charge in [0.1, 0.15) is 0 Å². The van der Waals surface area contributed by atoms with Crippen molar-refractivity contribution < 1.29 is 21.8 Å². The van der Waals surface area contributed by atoms with Gasteiger partial charge in [-0.1, -0.05) is 35.4 Å². The lowest BCUT2D eigenvalue weighted by molar-refractivity contribution is -0.384. The van der Waals surface area contributed by atoms with Crippen LogP contribution in [0.5, 0.6) is 0 Å². The molecule has 0 saturated carbocycles. The molecule has 0 unspecified atom stereocenters. The van der Waals surface area contributed by atoms with Crippen molar-refractivity contribution in [2.75, 3.05) is 21.7 Å². The van der Waals surface area contributed by atoms with Crippen LogP contribution in [0, 0.1) is 24.0 Å². The van der Waals surface area contributed by atoms with Crippen molar-refractivity contribution in [1.82, 2.24) is 0 Å². The smallest absolute Gasteiger partial charge is 0.264 e. The number of aryl methyl sites for hydroxylation is 2. The predicted molar refractivity (Wildman–Crippen MR) is 129 cm³/mol. The number of hydrogen-bond acceptors (Lipinski definition) is 6. The highest BCUT2D eigenvalue weighted by atomic mass is 32.2. The molecule has 4 rings (SSSR count). The normalized spacial score (nSPS) is 14.4. The molecule has 0 saturated heterocycles. The van der Waals surface area contributed by atoms with Crippen LogP contribution in [0.4, 0.5) is 17.1 Å². The van der Waals surface area contributed by atoms with E-state index in [-0.39, 0.29) is 46.4 Å². The van der Waals surface area contributed by atoms with E-state index in [1.54, 1.807) is 24.3 Å². The Balaban J connectivity index is 1.90. The SMILES string of the molecule is Cc1ccc(S(=O)(=O)N2CCCN(S(=O)(=O)c3ccc(C)cc3)c3cc([N+](=O)[O-])ccc32)cc1. The molecule has 11 heteroatoms. The summed E-state index contributed by atoms with van der Waals surface area (Å²) < 4.78 is 56.3. The lowest BCUT2D eigenvalue weighted by Gasteiger charge is -2.27. The van der Waals surface area contributed by atoms with Crippen LogP contribution in [0.25, 0.3) is 0 Å². The van der Waals surface area contributed by atoms with Crippen molar-refractivity contribution in [2.45, 2.75) is 30.1 Å². The number of sulfonamides is 2. The number of non-ortho nitro benzene ring substituents is 1. The average Bonchev–Trinajstić information content (AvgIpc) is 2.99. The Hall–Kier alpha value is -3.44. The quantitative estimate of drug-likeness (QED) is 0.385. The molecule has 9 nitrogen and oxygen atoms in total. The molecule has 3 aromatic carbocycles. The predicted octanol–water partition coefficient (Wildman–Crippen LogP) is 4.01. The molecule has 0 bridgehead atoms. The zero-order chi connectivity index (χ0) is 24.7. The highest BCUT2D eigenvalue weighted by molar-refractivity contribution is 7.93. The number of benzene rings is 3. The summed E-state index contributed by atoms with van der Waals surface area (Å²) >= 11 is 0. The van der Waals surface area contributed by atoms with E-state index < -0.39 is 25.0 Å². The van der Waals surface area contributed by atoms with E-state index in [2.05, 4.69) is 0 Å². The van der Waals surface area contributed by atoms with Crippen molar-refractivity contribution in [1.29, 1.82) is 0 Å².